The van der Waals surface area contributed by atoms with Crippen molar-refractivity contribution in [1.82, 2.24) is 14.8 Å². The Kier molecular flexibility index (Phi) is 5.44. The predicted molar refractivity (Wildman–Crippen MR) is 126 cm³/mol. The first-order valence-electron chi connectivity index (χ1n) is 10.7. The van der Waals surface area contributed by atoms with Gasteiger partial charge in [-0.1, -0.05) is 60.7 Å². The maximum absolute atomic E-state index is 13.4. The fourth-order valence-electron chi connectivity index (χ4n) is 4.07. The zero-order valence-electron chi connectivity index (χ0n) is 18.1. The molecular weight excluding hydrogens is 416 g/mol. The van der Waals surface area contributed by atoms with E-state index in [0.29, 0.717) is 11.8 Å². The molecule has 7 heteroatoms. The first-order valence-corrected chi connectivity index (χ1v) is 10.7. The number of carbonyl (C=O) groups excluding carboxylic acids is 1. The monoisotopic (exact) mass is 438 g/mol. The summed E-state index contributed by atoms with van der Waals surface area (Å²) < 4.78 is 6.47. The molecule has 4 aromatic rings. The highest BCUT2D eigenvalue weighted by Gasteiger charge is 2.33. The third-order valence-electron chi connectivity index (χ3n) is 5.82. The first-order chi connectivity index (χ1) is 16.1. The highest BCUT2D eigenvalue weighted by atomic mass is 16.5. The number of benzene rings is 3. The van der Waals surface area contributed by atoms with Crippen molar-refractivity contribution in [2.45, 2.75) is 19.0 Å². The van der Waals surface area contributed by atoms with Gasteiger partial charge in [0.15, 0.2) is 0 Å². The number of methoxy groups -OCH3 is 1. The number of amides is 1. The van der Waals surface area contributed by atoms with Gasteiger partial charge >= 0.3 is 0 Å². The van der Waals surface area contributed by atoms with Crippen molar-refractivity contribution in [3.63, 3.8) is 0 Å². The van der Waals surface area contributed by atoms with E-state index in [0.717, 1.165) is 28.0 Å². The van der Waals surface area contributed by atoms with Crippen LogP contribution in [-0.2, 0) is 11.3 Å². The second-order valence-corrected chi connectivity index (χ2v) is 7.84. The molecule has 0 bridgehead atoms. The van der Waals surface area contributed by atoms with Gasteiger partial charge in [-0.25, -0.2) is 9.69 Å². The van der Waals surface area contributed by atoms with Gasteiger partial charge < -0.3 is 4.74 Å². The van der Waals surface area contributed by atoms with Crippen molar-refractivity contribution in [3.8, 4) is 5.75 Å². The molecule has 0 saturated carbocycles. The SMILES string of the molecule is COc1ccc(C2CC(c3ccccc3)=NN2C(=O)Cn2ncc3ccccc3c2=O)cc1. The Bertz CT molecular complexity index is 1390. The molecule has 7 nitrogen and oxygen atoms in total. The second-order valence-electron chi connectivity index (χ2n) is 7.84. The number of hydrazone groups is 1. The summed E-state index contributed by atoms with van der Waals surface area (Å²) in [6, 6.07) is 24.3. The van der Waals surface area contributed by atoms with Gasteiger partial charge in [0, 0.05) is 11.8 Å². The molecule has 0 spiro atoms. The van der Waals surface area contributed by atoms with E-state index in [9.17, 15) is 9.59 Å². The molecule has 0 fully saturated rings. The largest absolute Gasteiger partial charge is 0.497 e. The summed E-state index contributed by atoms with van der Waals surface area (Å²) in [5.74, 6) is 0.442. The van der Waals surface area contributed by atoms with E-state index in [-0.39, 0.29) is 24.1 Å². The summed E-state index contributed by atoms with van der Waals surface area (Å²) >= 11 is 0. The molecule has 1 unspecified atom stereocenters. The Labute approximate surface area is 190 Å². The molecule has 5 rings (SSSR count). The Hall–Kier alpha value is -4.26. The van der Waals surface area contributed by atoms with Gasteiger partial charge in [-0.15, -0.1) is 0 Å². The predicted octanol–water partition coefficient (Wildman–Crippen LogP) is 3.78. The normalized spacial score (nSPS) is 15.5. The standard InChI is InChI=1S/C26H22N4O3/c1-33-21-13-11-19(12-14-21)24-15-23(18-7-3-2-4-8-18)28-30(24)25(31)17-29-26(32)22-10-6-5-9-20(22)16-27-29/h2-14,16,24H,15,17H2,1H3. The molecule has 0 radical (unpaired) electrons. The second kappa shape index (κ2) is 8.70. The summed E-state index contributed by atoms with van der Waals surface area (Å²) in [5.41, 5.74) is 2.43. The zero-order valence-corrected chi connectivity index (χ0v) is 18.1. The van der Waals surface area contributed by atoms with Crippen LogP contribution in [-0.4, -0.2) is 33.5 Å². The van der Waals surface area contributed by atoms with Gasteiger partial charge in [-0.2, -0.15) is 10.2 Å². The molecule has 2 heterocycles. The van der Waals surface area contributed by atoms with Crippen molar-refractivity contribution in [2.24, 2.45) is 5.10 Å². The van der Waals surface area contributed by atoms with Crippen LogP contribution in [0.25, 0.3) is 10.8 Å². The third kappa shape index (κ3) is 4.01. The van der Waals surface area contributed by atoms with E-state index >= 15 is 0 Å². The lowest BCUT2D eigenvalue weighted by atomic mass is 9.98. The van der Waals surface area contributed by atoms with E-state index in [4.69, 9.17) is 4.74 Å². The number of hydrogen-bond acceptors (Lipinski definition) is 5. The molecule has 1 atom stereocenters. The van der Waals surface area contributed by atoms with Crippen LogP contribution in [0.5, 0.6) is 5.75 Å². The van der Waals surface area contributed by atoms with Crippen molar-refractivity contribution in [1.29, 1.82) is 0 Å². The minimum absolute atomic E-state index is 0.193. The van der Waals surface area contributed by atoms with Crippen LogP contribution >= 0.6 is 0 Å². The maximum Gasteiger partial charge on any atom is 0.275 e. The highest BCUT2D eigenvalue weighted by molar-refractivity contribution is 6.03. The van der Waals surface area contributed by atoms with E-state index in [2.05, 4.69) is 10.2 Å². The number of aromatic nitrogens is 2. The van der Waals surface area contributed by atoms with Gasteiger partial charge in [-0.05, 0) is 29.3 Å². The molecule has 0 N–H and O–H groups in total. The van der Waals surface area contributed by atoms with E-state index in [1.807, 2.05) is 66.7 Å². The Morgan fingerprint density at radius 2 is 1.73 bits per heavy atom. The quantitative estimate of drug-likeness (QED) is 0.475. The third-order valence-corrected chi connectivity index (χ3v) is 5.82. The fraction of sp³-hybridized carbons (Fsp3) is 0.154. The van der Waals surface area contributed by atoms with Gasteiger partial charge in [0.1, 0.15) is 12.3 Å². The van der Waals surface area contributed by atoms with Crippen molar-refractivity contribution >= 4 is 22.4 Å². The summed E-state index contributed by atoms with van der Waals surface area (Å²) in [7, 11) is 1.62. The number of hydrogen-bond donors (Lipinski definition) is 0. The fourth-order valence-corrected chi connectivity index (χ4v) is 4.07. The minimum atomic E-state index is -0.299. The molecule has 0 aliphatic carbocycles. The van der Waals surface area contributed by atoms with Crippen LogP contribution in [0.4, 0.5) is 0 Å². The molecule has 164 valence electrons. The molecule has 0 saturated heterocycles. The molecule has 1 aliphatic rings. The lowest BCUT2D eigenvalue weighted by molar-refractivity contribution is -0.133. The summed E-state index contributed by atoms with van der Waals surface area (Å²) in [6.07, 6.45) is 2.18. The van der Waals surface area contributed by atoms with E-state index in [1.54, 1.807) is 25.4 Å². The van der Waals surface area contributed by atoms with Crippen molar-refractivity contribution in [3.05, 3.63) is 107 Å². The smallest absolute Gasteiger partial charge is 0.275 e. The lowest BCUT2D eigenvalue weighted by Crippen LogP contribution is -2.35. The van der Waals surface area contributed by atoms with E-state index < -0.39 is 0 Å². The number of rotatable bonds is 5. The highest BCUT2D eigenvalue weighted by Crippen LogP contribution is 2.33. The Morgan fingerprint density at radius 1 is 1.00 bits per heavy atom. The van der Waals surface area contributed by atoms with Crippen LogP contribution in [0.1, 0.15) is 23.6 Å². The lowest BCUT2D eigenvalue weighted by Gasteiger charge is -2.22. The van der Waals surface area contributed by atoms with Crippen molar-refractivity contribution < 1.29 is 9.53 Å². The van der Waals surface area contributed by atoms with Crippen LogP contribution in [0, 0.1) is 0 Å². The summed E-state index contributed by atoms with van der Waals surface area (Å²) in [5, 5.41) is 11.6. The van der Waals surface area contributed by atoms with E-state index in [1.165, 1.54) is 9.69 Å². The average Bonchev–Trinajstić information content (AvgIpc) is 3.32. The maximum atomic E-state index is 13.4. The van der Waals surface area contributed by atoms with Crippen LogP contribution in [0.15, 0.2) is 95.0 Å². The zero-order chi connectivity index (χ0) is 22.8. The summed E-state index contributed by atoms with van der Waals surface area (Å²) in [6.45, 7) is -0.193. The van der Waals surface area contributed by atoms with Crippen LogP contribution in [0.3, 0.4) is 0 Å². The van der Waals surface area contributed by atoms with Crippen molar-refractivity contribution in [2.75, 3.05) is 7.11 Å². The number of nitrogens with zero attached hydrogens (tertiary/aromatic N) is 4. The topological polar surface area (TPSA) is 76.8 Å². The van der Waals surface area contributed by atoms with Gasteiger partial charge in [-0.3, -0.25) is 9.59 Å². The molecular formula is C26H22N4O3. The molecule has 3 aromatic carbocycles. The molecule has 33 heavy (non-hydrogen) atoms. The van der Waals surface area contributed by atoms with Crippen LogP contribution < -0.4 is 10.3 Å². The number of fused-ring (bicyclic) bond motifs is 1. The Morgan fingerprint density at radius 3 is 2.48 bits per heavy atom. The number of carbonyl (C=O) groups is 1. The van der Waals surface area contributed by atoms with Gasteiger partial charge in [0.25, 0.3) is 11.5 Å². The number of ether oxygens (including phenoxy) is 1. The molecule has 1 amide bonds. The molecule has 1 aliphatic heterocycles. The van der Waals surface area contributed by atoms with Crippen LogP contribution in [0.2, 0.25) is 0 Å². The Balaban J connectivity index is 1.49. The minimum Gasteiger partial charge on any atom is -0.497 e. The summed E-state index contributed by atoms with van der Waals surface area (Å²) in [4.78, 5) is 26.2. The van der Waals surface area contributed by atoms with Gasteiger partial charge in [0.05, 0.1) is 30.4 Å². The first kappa shape index (κ1) is 20.6. The van der Waals surface area contributed by atoms with Gasteiger partial charge in [0.2, 0.25) is 0 Å². The molecule has 1 aromatic heterocycles. The average molecular weight is 438 g/mol.